The highest BCUT2D eigenvalue weighted by molar-refractivity contribution is 5.75. The Morgan fingerprint density at radius 2 is 1.73 bits per heavy atom. The van der Waals surface area contributed by atoms with Crippen molar-refractivity contribution in [2.75, 3.05) is 6.61 Å². The van der Waals surface area contributed by atoms with Crippen LogP contribution < -0.4 is 0 Å². The van der Waals surface area contributed by atoms with E-state index in [1.54, 1.807) is 6.21 Å². The Morgan fingerprint density at radius 3 is 2.38 bits per heavy atom. The minimum absolute atomic E-state index is 0.357. The van der Waals surface area contributed by atoms with Crippen molar-refractivity contribution < 1.29 is 28.4 Å². The smallest absolute Gasteiger partial charge is 0.222 e. The topological polar surface area (TPSA) is 72.2 Å². The monoisotopic (exact) mass is 363 g/mol. The van der Waals surface area contributed by atoms with E-state index in [1.165, 1.54) is 0 Å². The highest BCUT2D eigenvalue weighted by Gasteiger charge is 2.62. The Hall–Kier alpha value is -1.51. The predicted molar refractivity (Wildman–Crippen MR) is 92.6 cm³/mol. The van der Waals surface area contributed by atoms with Gasteiger partial charge in [-0.25, -0.2) is 4.74 Å². The molecule has 0 radical (unpaired) electrons. The molecule has 0 unspecified atom stereocenters. The number of hydrogen-bond donors (Lipinski definition) is 0. The lowest BCUT2D eigenvalue weighted by Gasteiger charge is -2.27. The lowest BCUT2D eigenvalue weighted by Crippen LogP contribution is -2.47. The van der Waals surface area contributed by atoms with Crippen molar-refractivity contribution in [2.45, 2.75) is 69.9 Å². The molecular formula is C19H25NO6. The Morgan fingerprint density at radius 1 is 1.00 bits per heavy atom. The van der Waals surface area contributed by atoms with Crippen molar-refractivity contribution >= 4 is 6.21 Å². The fourth-order valence-corrected chi connectivity index (χ4v) is 3.76. The molecule has 0 aromatic heterocycles. The molecule has 0 aliphatic carbocycles. The fraction of sp³-hybridized carbons (Fsp3) is 0.632. The third-order valence-corrected chi connectivity index (χ3v) is 4.82. The molecule has 0 saturated carbocycles. The first-order chi connectivity index (χ1) is 12.2. The second-order valence-corrected chi connectivity index (χ2v) is 7.83. The van der Waals surface area contributed by atoms with E-state index < -0.39 is 36.1 Å². The van der Waals surface area contributed by atoms with E-state index in [-0.39, 0.29) is 6.10 Å². The molecule has 26 heavy (non-hydrogen) atoms. The molecule has 0 bridgehead atoms. The molecule has 3 saturated heterocycles. The number of nitrogens with zero attached hydrogens (tertiary/aromatic N) is 1. The molecule has 7 nitrogen and oxygen atoms in total. The number of benzene rings is 1. The summed E-state index contributed by atoms with van der Waals surface area (Å²) in [6.07, 6.45) is -0.427. The van der Waals surface area contributed by atoms with Gasteiger partial charge in [0.1, 0.15) is 6.10 Å². The molecule has 3 heterocycles. The quantitative estimate of drug-likeness (QED) is 0.354. The first-order valence-electron chi connectivity index (χ1n) is 8.92. The van der Waals surface area contributed by atoms with E-state index in [4.69, 9.17) is 23.7 Å². The van der Waals surface area contributed by atoms with Gasteiger partial charge in [-0.2, -0.15) is 0 Å². The van der Waals surface area contributed by atoms with Gasteiger partial charge < -0.3 is 28.9 Å². The van der Waals surface area contributed by atoms with Gasteiger partial charge in [0, 0.05) is 5.56 Å². The number of hydrogen-bond acceptors (Lipinski definition) is 6. The molecule has 0 spiro atoms. The average molecular weight is 363 g/mol. The zero-order valence-corrected chi connectivity index (χ0v) is 15.5. The molecule has 3 fully saturated rings. The minimum Gasteiger partial charge on any atom is -0.623 e. The molecule has 4 rings (SSSR count). The van der Waals surface area contributed by atoms with Gasteiger partial charge in [-0.15, -0.1) is 0 Å². The summed E-state index contributed by atoms with van der Waals surface area (Å²) in [6.45, 7) is 7.68. The van der Waals surface area contributed by atoms with Crippen LogP contribution in [-0.2, 0) is 23.7 Å². The third kappa shape index (κ3) is 3.37. The first-order valence-corrected chi connectivity index (χ1v) is 8.92. The zero-order chi connectivity index (χ0) is 18.5. The van der Waals surface area contributed by atoms with E-state index in [1.807, 2.05) is 58.0 Å². The summed E-state index contributed by atoms with van der Waals surface area (Å²) >= 11 is 0. The van der Waals surface area contributed by atoms with E-state index in [9.17, 15) is 5.21 Å². The molecule has 142 valence electrons. The second kappa shape index (κ2) is 6.28. The SMILES string of the molecule is CC1(C)O[C@H]2O[C@H]([C@H]3COC(C)(C)O3)[C@@H](/[N+]([O-])=C/c3ccccc3)[C@H]2O1. The van der Waals surface area contributed by atoms with E-state index in [0.717, 1.165) is 10.3 Å². The van der Waals surface area contributed by atoms with Crippen LogP contribution in [0.3, 0.4) is 0 Å². The molecular weight excluding hydrogens is 338 g/mol. The lowest BCUT2D eigenvalue weighted by atomic mass is 10.0. The number of ether oxygens (including phenoxy) is 5. The second-order valence-electron chi connectivity index (χ2n) is 7.83. The summed E-state index contributed by atoms with van der Waals surface area (Å²) in [5.74, 6) is -1.49. The number of hydroxylamine groups is 1. The summed E-state index contributed by atoms with van der Waals surface area (Å²) in [4.78, 5) is 0. The van der Waals surface area contributed by atoms with E-state index >= 15 is 0 Å². The zero-order valence-electron chi connectivity index (χ0n) is 15.5. The lowest BCUT2D eigenvalue weighted by molar-refractivity contribution is -0.516. The van der Waals surface area contributed by atoms with E-state index in [2.05, 4.69) is 0 Å². The van der Waals surface area contributed by atoms with Crippen LogP contribution >= 0.6 is 0 Å². The predicted octanol–water partition coefficient (Wildman–Crippen LogP) is 2.01. The van der Waals surface area contributed by atoms with Gasteiger partial charge >= 0.3 is 0 Å². The van der Waals surface area contributed by atoms with Gasteiger partial charge in [0.15, 0.2) is 36.3 Å². The summed E-state index contributed by atoms with van der Waals surface area (Å²) < 4.78 is 30.4. The molecule has 7 heteroatoms. The van der Waals surface area contributed by atoms with Crippen LogP contribution in [-0.4, -0.2) is 59.8 Å². The Labute approximate surface area is 153 Å². The van der Waals surface area contributed by atoms with Gasteiger partial charge in [-0.3, -0.25) is 0 Å². The third-order valence-electron chi connectivity index (χ3n) is 4.82. The Balaban J connectivity index is 1.63. The molecule has 5 atom stereocenters. The van der Waals surface area contributed by atoms with Crippen molar-refractivity contribution in [2.24, 2.45) is 0 Å². The average Bonchev–Trinajstić information content (AvgIpc) is 3.16. The maximum atomic E-state index is 13.0. The Bertz CT molecular complexity index is 689. The standard InChI is InChI=1S/C19H25NO6/c1-18(2)22-11-13(24-18)15-14(16-17(23-15)26-19(3,4)25-16)20(21)10-12-8-6-5-7-9-12/h5-10,13-17H,11H2,1-4H3/b20-10-/t13-,14-,15-,16-,17-/m1/s1. The highest BCUT2D eigenvalue weighted by Crippen LogP contribution is 2.41. The summed E-state index contributed by atoms with van der Waals surface area (Å²) in [5, 5.41) is 13.0. The van der Waals surface area contributed by atoms with Crippen molar-refractivity contribution in [3.05, 3.63) is 41.1 Å². The summed E-state index contributed by atoms with van der Waals surface area (Å²) in [6, 6.07) is 8.85. The van der Waals surface area contributed by atoms with Gasteiger partial charge in [0.2, 0.25) is 6.04 Å². The van der Waals surface area contributed by atoms with Crippen LogP contribution in [0.5, 0.6) is 0 Å². The molecule has 3 aliphatic heterocycles. The van der Waals surface area contributed by atoms with Crippen LogP contribution in [0.4, 0.5) is 0 Å². The molecule has 0 N–H and O–H groups in total. The van der Waals surface area contributed by atoms with Gasteiger partial charge in [-0.1, -0.05) is 18.2 Å². The summed E-state index contributed by atoms with van der Waals surface area (Å²) in [7, 11) is 0. The van der Waals surface area contributed by atoms with Crippen molar-refractivity contribution in [3.8, 4) is 0 Å². The van der Waals surface area contributed by atoms with Gasteiger partial charge in [0.25, 0.3) is 0 Å². The van der Waals surface area contributed by atoms with Crippen molar-refractivity contribution in [1.29, 1.82) is 0 Å². The number of fused-ring (bicyclic) bond motifs is 1. The maximum absolute atomic E-state index is 13.0. The van der Waals surface area contributed by atoms with E-state index in [0.29, 0.717) is 6.61 Å². The summed E-state index contributed by atoms with van der Waals surface area (Å²) in [5.41, 5.74) is 0.812. The van der Waals surface area contributed by atoms with Crippen molar-refractivity contribution in [3.63, 3.8) is 0 Å². The number of rotatable bonds is 3. The van der Waals surface area contributed by atoms with Crippen LogP contribution in [0.25, 0.3) is 0 Å². The largest absolute Gasteiger partial charge is 0.623 e. The minimum atomic E-state index is -0.793. The van der Waals surface area contributed by atoms with Crippen LogP contribution in [0, 0.1) is 5.21 Å². The highest BCUT2D eigenvalue weighted by atomic mass is 16.8. The van der Waals surface area contributed by atoms with Gasteiger partial charge in [-0.05, 0) is 39.8 Å². The molecule has 3 aliphatic rings. The molecule has 1 aromatic carbocycles. The van der Waals surface area contributed by atoms with Crippen LogP contribution in [0.2, 0.25) is 0 Å². The normalized spacial score (nSPS) is 38.5. The van der Waals surface area contributed by atoms with Crippen molar-refractivity contribution in [1.82, 2.24) is 0 Å². The molecule has 0 amide bonds. The van der Waals surface area contributed by atoms with Gasteiger partial charge in [0.05, 0.1) is 6.61 Å². The van der Waals surface area contributed by atoms with Crippen LogP contribution in [0.15, 0.2) is 30.3 Å². The fourth-order valence-electron chi connectivity index (χ4n) is 3.76. The molecule has 1 aromatic rings. The first kappa shape index (κ1) is 17.9. The maximum Gasteiger partial charge on any atom is 0.222 e. The van der Waals surface area contributed by atoms with Crippen LogP contribution in [0.1, 0.15) is 33.3 Å². The Kier molecular flexibility index (Phi) is 4.32.